The van der Waals surface area contributed by atoms with Gasteiger partial charge in [0.15, 0.2) is 0 Å². The molecule has 1 atom stereocenters. The predicted molar refractivity (Wildman–Crippen MR) is 121 cm³/mol. The molecule has 0 fully saturated rings. The van der Waals surface area contributed by atoms with Gasteiger partial charge in [-0.25, -0.2) is 0 Å². The summed E-state index contributed by atoms with van der Waals surface area (Å²) in [7, 11) is 0. The molecule has 2 nitrogen and oxygen atoms in total. The maximum Gasteiger partial charge on any atom is 0.0958 e. The first-order valence-corrected chi connectivity index (χ1v) is 9.92. The summed E-state index contributed by atoms with van der Waals surface area (Å²) in [6.45, 7) is 0. The topological polar surface area (TPSA) is 15.3 Å². The van der Waals surface area contributed by atoms with Crippen LogP contribution in [0.4, 0.5) is 5.69 Å². The number of benzene rings is 4. The van der Waals surface area contributed by atoms with Crippen molar-refractivity contribution in [2.24, 2.45) is 0 Å². The van der Waals surface area contributed by atoms with E-state index in [0.29, 0.717) is 0 Å². The first-order valence-electron chi connectivity index (χ1n) is 9.92. The van der Waals surface area contributed by atoms with Crippen molar-refractivity contribution in [1.82, 2.24) is 5.43 Å². The molecule has 0 aromatic heterocycles. The van der Waals surface area contributed by atoms with Crippen LogP contribution in [0.1, 0.15) is 17.2 Å². The molecular weight excluding hydrogens is 352 g/mol. The molecule has 1 aliphatic rings. The van der Waals surface area contributed by atoms with Gasteiger partial charge in [0, 0.05) is 0 Å². The van der Waals surface area contributed by atoms with Crippen molar-refractivity contribution in [1.29, 1.82) is 0 Å². The molecule has 29 heavy (non-hydrogen) atoms. The van der Waals surface area contributed by atoms with E-state index in [0.717, 1.165) is 11.4 Å². The number of hydrogen-bond acceptors (Lipinski definition) is 2. The summed E-state index contributed by atoms with van der Waals surface area (Å²) in [5, 5.41) is 2.23. The number of nitrogens with one attached hydrogen (secondary N) is 1. The van der Waals surface area contributed by atoms with E-state index in [9.17, 15) is 0 Å². The summed E-state index contributed by atoms with van der Waals surface area (Å²) in [5.74, 6) is 0. The molecule has 2 heteroatoms. The molecule has 140 valence electrons. The molecule has 5 rings (SSSR count). The minimum atomic E-state index is 0.141. The summed E-state index contributed by atoms with van der Waals surface area (Å²) in [4.78, 5) is 0. The van der Waals surface area contributed by atoms with Crippen LogP contribution in [0.25, 0.3) is 16.8 Å². The van der Waals surface area contributed by atoms with E-state index in [1.807, 2.05) is 12.1 Å². The van der Waals surface area contributed by atoms with Gasteiger partial charge in [-0.05, 0) is 40.5 Å². The van der Waals surface area contributed by atoms with Crippen LogP contribution in [0, 0.1) is 0 Å². The third-order valence-corrected chi connectivity index (χ3v) is 5.32. The van der Waals surface area contributed by atoms with Crippen molar-refractivity contribution in [2.75, 3.05) is 5.01 Å². The minimum Gasteiger partial charge on any atom is -0.297 e. The molecule has 0 bridgehead atoms. The molecule has 0 saturated carbocycles. The highest BCUT2D eigenvalue weighted by Gasteiger charge is 2.26. The molecule has 0 spiro atoms. The van der Waals surface area contributed by atoms with E-state index in [1.54, 1.807) is 0 Å². The molecule has 0 aliphatic carbocycles. The fourth-order valence-electron chi connectivity index (χ4n) is 3.81. The largest absolute Gasteiger partial charge is 0.297 e. The lowest BCUT2D eigenvalue weighted by Crippen LogP contribution is -2.33. The molecule has 0 radical (unpaired) electrons. The van der Waals surface area contributed by atoms with Gasteiger partial charge in [0.1, 0.15) is 0 Å². The standard InChI is InChI=1S/C27H22N2/c1-4-10-21(11-5-1)22-16-18-23(19-17-22)26-20-27(24-12-6-2-7-13-24)29(28-26)25-14-8-3-9-15-25/h1-20,27-28H. The fraction of sp³-hybridized carbons (Fsp3) is 0.0370. The van der Waals surface area contributed by atoms with Gasteiger partial charge in [0.25, 0.3) is 0 Å². The van der Waals surface area contributed by atoms with Crippen LogP contribution >= 0.6 is 0 Å². The van der Waals surface area contributed by atoms with E-state index in [2.05, 4.69) is 120 Å². The third-order valence-electron chi connectivity index (χ3n) is 5.32. The zero-order valence-electron chi connectivity index (χ0n) is 16.1. The number of rotatable bonds is 4. The Morgan fingerprint density at radius 1 is 0.517 bits per heavy atom. The Kier molecular flexibility index (Phi) is 4.59. The van der Waals surface area contributed by atoms with Crippen LogP contribution < -0.4 is 10.4 Å². The highest BCUT2D eigenvalue weighted by Crippen LogP contribution is 2.35. The highest BCUT2D eigenvalue weighted by molar-refractivity contribution is 5.74. The Labute approximate surface area is 171 Å². The molecule has 1 heterocycles. The quantitative estimate of drug-likeness (QED) is 0.441. The van der Waals surface area contributed by atoms with Gasteiger partial charge in [-0.2, -0.15) is 0 Å². The van der Waals surface area contributed by atoms with E-state index in [-0.39, 0.29) is 6.04 Å². The third kappa shape index (κ3) is 3.53. The average Bonchev–Trinajstić information content (AvgIpc) is 3.27. The van der Waals surface area contributed by atoms with Gasteiger partial charge < -0.3 is 0 Å². The Bertz CT molecular complexity index is 1100. The molecule has 0 saturated heterocycles. The summed E-state index contributed by atoms with van der Waals surface area (Å²) in [5.41, 5.74) is 10.8. The molecule has 1 unspecified atom stereocenters. The molecule has 1 aliphatic heterocycles. The summed E-state index contributed by atoms with van der Waals surface area (Å²) >= 11 is 0. The highest BCUT2D eigenvalue weighted by atomic mass is 15.5. The van der Waals surface area contributed by atoms with Gasteiger partial charge in [-0.3, -0.25) is 10.4 Å². The van der Waals surface area contributed by atoms with Crippen LogP contribution in [0.5, 0.6) is 0 Å². The van der Waals surface area contributed by atoms with Gasteiger partial charge in [-0.1, -0.05) is 103 Å². The summed E-state index contributed by atoms with van der Waals surface area (Å²) < 4.78 is 0. The minimum absolute atomic E-state index is 0.141. The second-order valence-electron chi connectivity index (χ2n) is 7.20. The molecular formula is C27H22N2. The first-order chi connectivity index (χ1) is 14.4. The lowest BCUT2D eigenvalue weighted by atomic mass is 10.0. The Morgan fingerprint density at radius 2 is 1.03 bits per heavy atom. The molecule has 0 amide bonds. The van der Waals surface area contributed by atoms with Gasteiger partial charge in [-0.15, -0.1) is 0 Å². The van der Waals surface area contributed by atoms with E-state index in [4.69, 9.17) is 0 Å². The Balaban J connectivity index is 1.48. The lowest BCUT2D eigenvalue weighted by Gasteiger charge is -2.27. The predicted octanol–water partition coefficient (Wildman–Crippen LogP) is 6.46. The number of hydrazine groups is 1. The van der Waals surface area contributed by atoms with Crippen LogP contribution in [0.2, 0.25) is 0 Å². The zero-order valence-corrected chi connectivity index (χ0v) is 16.1. The maximum atomic E-state index is 3.63. The molecule has 1 N–H and O–H groups in total. The first kappa shape index (κ1) is 17.3. The Morgan fingerprint density at radius 3 is 1.69 bits per heavy atom. The molecule has 4 aromatic rings. The Hall–Kier alpha value is -3.78. The average molecular weight is 374 g/mol. The van der Waals surface area contributed by atoms with Crippen molar-refractivity contribution in [3.63, 3.8) is 0 Å². The maximum absolute atomic E-state index is 3.63. The summed E-state index contributed by atoms with van der Waals surface area (Å²) in [6, 6.07) is 40.5. The monoisotopic (exact) mass is 374 g/mol. The van der Waals surface area contributed by atoms with E-state index >= 15 is 0 Å². The molecule has 4 aromatic carbocycles. The van der Waals surface area contributed by atoms with Crippen LogP contribution in [0.15, 0.2) is 121 Å². The van der Waals surface area contributed by atoms with Gasteiger partial charge in [0.05, 0.1) is 17.4 Å². The second-order valence-corrected chi connectivity index (χ2v) is 7.20. The van der Waals surface area contributed by atoms with E-state index < -0.39 is 0 Å². The SMILES string of the molecule is C1=C(c2ccc(-c3ccccc3)cc2)NN(c2ccccc2)C1c1ccccc1. The van der Waals surface area contributed by atoms with Crippen molar-refractivity contribution in [3.05, 3.63) is 132 Å². The number of nitrogens with zero attached hydrogens (tertiary/aromatic N) is 1. The van der Waals surface area contributed by atoms with E-state index in [1.165, 1.54) is 22.3 Å². The van der Waals surface area contributed by atoms with Gasteiger partial charge >= 0.3 is 0 Å². The van der Waals surface area contributed by atoms with Crippen molar-refractivity contribution >= 4 is 11.4 Å². The van der Waals surface area contributed by atoms with Crippen molar-refractivity contribution in [3.8, 4) is 11.1 Å². The number of para-hydroxylation sites is 1. The normalized spacial score (nSPS) is 15.7. The van der Waals surface area contributed by atoms with Gasteiger partial charge in [0.2, 0.25) is 0 Å². The smallest absolute Gasteiger partial charge is 0.0958 e. The van der Waals surface area contributed by atoms with Crippen molar-refractivity contribution in [2.45, 2.75) is 6.04 Å². The van der Waals surface area contributed by atoms with Crippen LogP contribution in [-0.4, -0.2) is 0 Å². The summed E-state index contributed by atoms with van der Waals surface area (Å²) in [6.07, 6.45) is 2.31. The zero-order chi connectivity index (χ0) is 19.5. The van der Waals surface area contributed by atoms with Crippen molar-refractivity contribution < 1.29 is 0 Å². The van der Waals surface area contributed by atoms with Crippen LogP contribution in [0.3, 0.4) is 0 Å². The fourth-order valence-corrected chi connectivity index (χ4v) is 3.81. The lowest BCUT2D eigenvalue weighted by molar-refractivity contribution is 0.724. The van der Waals surface area contributed by atoms with Crippen LogP contribution in [-0.2, 0) is 0 Å². The number of anilines is 1. The number of hydrogen-bond donors (Lipinski definition) is 1. The second kappa shape index (κ2) is 7.69.